The molecule has 2 fully saturated rings. The monoisotopic (exact) mass is 489 g/mol. The fourth-order valence-corrected chi connectivity index (χ4v) is 5.62. The minimum Gasteiger partial charge on any atom is -0.349 e. The molecule has 35 heavy (non-hydrogen) atoms. The van der Waals surface area contributed by atoms with Crippen LogP contribution in [0.15, 0.2) is 66.7 Å². The van der Waals surface area contributed by atoms with Crippen molar-refractivity contribution in [3.63, 3.8) is 0 Å². The van der Waals surface area contributed by atoms with Gasteiger partial charge in [0.25, 0.3) is 0 Å². The first-order chi connectivity index (χ1) is 16.8. The van der Waals surface area contributed by atoms with Crippen LogP contribution in [0.2, 0.25) is 5.02 Å². The Morgan fingerprint density at radius 1 is 0.886 bits per heavy atom. The van der Waals surface area contributed by atoms with Crippen molar-refractivity contribution in [3.8, 4) is 0 Å². The molecule has 2 aliphatic heterocycles. The molecule has 3 aromatic rings. The lowest BCUT2D eigenvalue weighted by atomic mass is 9.77. The average molecular weight is 490 g/mol. The average Bonchev–Trinajstić information content (AvgIpc) is 3.41. The number of imide groups is 1. The first-order valence-electron chi connectivity index (χ1n) is 11.0. The minimum absolute atomic E-state index is 0.146. The van der Waals surface area contributed by atoms with Crippen molar-refractivity contribution in [2.75, 3.05) is 4.90 Å². The number of carbonyl (C=O) groups is 4. The van der Waals surface area contributed by atoms with Crippen LogP contribution in [0, 0.1) is 24.6 Å². The smallest absolute Gasteiger partial charge is 0.241 e. The number of rotatable bonds is 2. The second kappa shape index (κ2) is 7.41. The van der Waals surface area contributed by atoms with Gasteiger partial charge in [-0.05, 0) is 42.3 Å². The van der Waals surface area contributed by atoms with Gasteiger partial charge < -0.3 is 4.74 Å². The first-order valence-corrected chi connectivity index (χ1v) is 11.4. The highest BCUT2D eigenvalue weighted by Gasteiger charge is 2.74. The van der Waals surface area contributed by atoms with Gasteiger partial charge in [-0.3, -0.25) is 19.2 Å². The van der Waals surface area contributed by atoms with E-state index in [1.165, 1.54) is 42.5 Å². The molecule has 174 valence electrons. The highest BCUT2D eigenvalue weighted by molar-refractivity contribution is 6.37. The molecule has 0 N–H and O–H groups in total. The molecule has 3 aromatic carbocycles. The predicted molar refractivity (Wildman–Crippen MR) is 124 cm³/mol. The third-order valence-corrected chi connectivity index (χ3v) is 7.54. The second-order valence-corrected chi connectivity index (χ2v) is 9.39. The van der Waals surface area contributed by atoms with Gasteiger partial charge in [-0.25, -0.2) is 9.29 Å². The first kappa shape index (κ1) is 21.8. The summed E-state index contributed by atoms with van der Waals surface area (Å²) < 4.78 is 19.8. The summed E-state index contributed by atoms with van der Waals surface area (Å²) in [6.07, 6.45) is -1.11. The molecule has 0 radical (unpaired) electrons. The standard InChI is InChI=1S/C27H17ClFNO5/c1-13-6-11-16(12-19(13)28)30-25(33)20-21(26(30)34)27(35-22(20)14-7-9-15(29)10-8-14)23(31)17-4-2-3-5-18(17)24(27)32/h2-12,20-22H,1H3. The topological polar surface area (TPSA) is 80.8 Å². The summed E-state index contributed by atoms with van der Waals surface area (Å²) in [5, 5.41) is 0.363. The highest BCUT2D eigenvalue weighted by Crippen LogP contribution is 2.57. The molecule has 2 amide bonds. The lowest BCUT2D eigenvalue weighted by molar-refractivity contribution is -0.127. The van der Waals surface area contributed by atoms with E-state index in [-0.39, 0.29) is 16.8 Å². The van der Waals surface area contributed by atoms with Crippen LogP contribution in [0.5, 0.6) is 0 Å². The van der Waals surface area contributed by atoms with Crippen LogP contribution in [0.1, 0.15) is 37.9 Å². The Bertz CT molecular complexity index is 1430. The number of carbonyl (C=O) groups excluding carboxylic acids is 4. The summed E-state index contributed by atoms with van der Waals surface area (Å²) in [6, 6.07) is 16.3. The van der Waals surface area contributed by atoms with Crippen molar-refractivity contribution in [2.45, 2.75) is 18.6 Å². The Balaban J connectivity index is 1.54. The van der Waals surface area contributed by atoms with Crippen LogP contribution in [-0.2, 0) is 14.3 Å². The zero-order chi connectivity index (χ0) is 24.6. The molecule has 3 atom stereocenters. The SMILES string of the molecule is Cc1ccc(N2C(=O)C3C(c4ccc(F)cc4)OC4(C(=O)c5ccccc5C4=O)C3C2=O)cc1Cl. The fraction of sp³-hybridized carbons (Fsp3) is 0.185. The maximum absolute atomic E-state index is 13.8. The number of nitrogens with zero attached hydrogens (tertiary/aromatic N) is 1. The van der Waals surface area contributed by atoms with Crippen LogP contribution in [0.4, 0.5) is 10.1 Å². The van der Waals surface area contributed by atoms with E-state index < -0.39 is 52.7 Å². The number of Topliss-reactive ketones (excluding diaryl/α,β-unsaturated/α-hetero) is 2. The van der Waals surface area contributed by atoms with Crippen molar-refractivity contribution in [1.82, 2.24) is 0 Å². The van der Waals surface area contributed by atoms with Crippen LogP contribution in [0.3, 0.4) is 0 Å². The third-order valence-electron chi connectivity index (χ3n) is 7.13. The molecule has 3 unspecified atom stereocenters. The van der Waals surface area contributed by atoms with Crippen LogP contribution in [0.25, 0.3) is 0 Å². The van der Waals surface area contributed by atoms with Gasteiger partial charge in [0.2, 0.25) is 29.0 Å². The van der Waals surface area contributed by atoms with E-state index in [4.69, 9.17) is 16.3 Å². The maximum Gasteiger partial charge on any atom is 0.241 e. The number of ether oxygens (including phenoxy) is 1. The molecule has 2 heterocycles. The summed E-state index contributed by atoms with van der Waals surface area (Å²) in [4.78, 5) is 56.0. The van der Waals surface area contributed by atoms with E-state index in [0.29, 0.717) is 10.6 Å². The zero-order valence-corrected chi connectivity index (χ0v) is 19.1. The minimum atomic E-state index is -2.18. The van der Waals surface area contributed by atoms with Gasteiger partial charge in [0.15, 0.2) is 0 Å². The molecule has 6 nitrogen and oxygen atoms in total. The normalized spacial score (nSPS) is 24.4. The quantitative estimate of drug-likeness (QED) is 0.391. The van der Waals surface area contributed by atoms with E-state index in [1.807, 2.05) is 0 Å². The molecule has 1 aliphatic carbocycles. The number of anilines is 1. The van der Waals surface area contributed by atoms with Crippen molar-refractivity contribution in [2.24, 2.45) is 11.8 Å². The Morgan fingerprint density at radius 3 is 2.11 bits per heavy atom. The summed E-state index contributed by atoms with van der Waals surface area (Å²) in [7, 11) is 0. The van der Waals surface area contributed by atoms with E-state index in [9.17, 15) is 23.6 Å². The van der Waals surface area contributed by atoms with Gasteiger partial charge in [0.1, 0.15) is 5.82 Å². The number of ketones is 2. The lowest BCUT2D eigenvalue weighted by Crippen LogP contribution is -2.51. The van der Waals surface area contributed by atoms with E-state index in [2.05, 4.69) is 0 Å². The Morgan fingerprint density at radius 2 is 1.51 bits per heavy atom. The van der Waals surface area contributed by atoms with E-state index in [1.54, 1.807) is 31.2 Å². The maximum atomic E-state index is 13.8. The summed E-state index contributed by atoms with van der Waals surface area (Å²) in [5.74, 6) is -5.65. The second-order valence-electron chi connectivity index (χ2n) is 8.98. The number of benzene rings is 3. The van der Waals surface area contributed by atoms with Crippen LogP contribution >= 0.6 is 11.6 Å². The van der Waals surface area contributed by atoms with Gasteiger partial charge in [-0.1, -0.05) is 54.1 Å². The van der Waals surface area contributed by atoms with Gasteiger partial charge in [-0.15, -0.1) is 0 Å². The number of fused-ring (bicyclic) bond motifs is 3. The van der Waals surface area contributed by atoms with Crippen molar-refractivity contribution < 1.29 is 28.3 Å². The molecule has 0 bridgehead atoms. The number of halogens is 2. The van der Waals surface area contributed by atoms with Gasteiger partial charge in [0, 0.05) is 16.1 Å². The van der Waals surface area contributed by atoms with Gasteiger partial charge in [0.05, 0.1) is 23.6 Å². The summed E-state index contributed by atoms with van der Waals surface area (Å²) in [5.41, 5.74) is -0.492. The molecule has 2 saturated heterocycles. The number of hydrogen-bond acceptors (Lipinski definition) is 5. The van der Waals surface area contributed by atoms with Crippen LogP contribution < -0.4 is 4.90 Å². The Kier molecular flexibility index (Phi) is 4.62. The number of aryl methyl sites for hydroxylation is 1. The molecule has 3 aliphatic rings. The predicted octanol–water partition coefficient (Wildman–Crippen LogP) is 4.48. The summed E-state index contributed by atoms with van der Waals surface area (Å²) >= 11 is 6.26. The van der Waals surface area contributed by atoms with Crippen LogP contribution in [-0.4, -0.2) is 29.0 Å². The fourth-order valence-electron chi connectivity index (χ4n) is 5.45. The van der Waals surface area contributed by atoms with Crippen molar-refractivity contribution in [3.05, 3.63) is 99.8 Å². The summed E-state index contributed by atoms with van der Waals surface area (Å²) in [6.45, 7) is 1.79. The Labute approximate surface area is 204 Å². The van der Waals surface area contributed by atoms with Crippen molar-refractivity contribution in [1.29, 1.82) is 0 Å². The number of amides is 2. The highest BCUT2D eigenvalue weighted by atomic mass is 35.5. The zero-order valence-electron chi connectivity index (χ0n) is 18.3. The Hall–Kier alpha value is -3.68. The molecule has 1 spiro atoms. The number of hydrogen-bond donors (Lipinski definition) is 0. The molecule has 6 rings (SSSR count). The molecular formula is C27H17ClFNO5. The van der Waals surface area contributed by atoms with E-state index >= 15 is 0 Å². The molecule has 0 aromatic heterocycles. The van der Waals surface area contributed by atoms with Gasteiger partial charge in [-0.2, -0.15) is 0 Å². The van der Waals surface area contributed by atoms with E-state index in [0.717, 1.165) is 10.5 Å². The largest absolute Gasteiger partial charge is 0.349 e. The third kappa shape index (κ3) is 2.79. The lowest BCUT2D eigenvalue weighted by Gasteiger charge is -2.27. The molecule has 0 saturated carbocycles. The van der Waals surface area contributed by atoms with Crippen molar-refractivity contribution >= 4 is 40.7 Å². The van der Waals surface area contributed by atoms with Gasteiger partial charge >= 0.3 is 0 Å². The molecule has 8 heteroatoms. The molecular weight excluding hydrogens is 473 g/mol.